The second-order valence-electron chi connectivity index (χ2n) is 5.69. The van der Waals surface area contributed by atoms with Gasteiger partial charge in [0.2, 0.25) is 0 Å². The largest absolute Gasteiger partial charge is 0.508 e. The zero-order valence-corrected chi connectivity index (χ0v) is 13.0. The molecule has 3 N–H and O–H groups in total. The summed E-state index contributed by atoms with van der Waals surface area (Å²) >= 11 is 0. The van der Waals surface area contributed by atoms with Crippen LogP contribution < -0.4 is 0 Å². The van der Waals surface area contributed by atoms with Crippen LogP contribution in [-0.2, 0) is 0 Å². The van der Waals surface area contributed by atoms with E-state index < -0.39 is 40.7 Å². The normalized spacial score (nSPS) is 11.1. The highest BCUT2D eigenvalue weighted by molar-refractivity contribution is 5.47. The van der Waals surface area contributed by atoms with E-state index >= 15 is 0 Å². The first-order valence-electron chi connectivity index (χ1n) is 7.42. The SMILES string of the molecule is Oc1ccc(C(c2cc(F)c(O)c(F)c2)c2cc(F)c(O)c(F)c2)cc1. The maximum atomic E-state index is 13.8. The molecule has 3 aromatic carbocycles. The Balaban J connectivity index is 2.25. The van der Waals surface area contributed by atoms with Gasteiger partial charge in [0.15, 0.2) is 34.8 Å². The third kappa shape index (κ3) is 3.15. The molecule has 0 aliphatic rings. The fourth-order valence-corrected chi connectivity index (χ4v) is 2.75. The summed E-state index contributed by atoms with van der Waals surface area (Å²) in [6.07, 6.45) is 0. The summed E-state index contributed by atoms with van der Waals surface area (Å²) in [4.78, 5) is 0. The van der Waals surface area contributed by atoms with E-state index in [0.29, 0.717) is 5.56 Å². The van der Waals surface area contributed by atoms with E-state index in [-0.39, 0.29) is 16.9 Å². The molecule has 26 heavy (non-hydrogen) atoms. The highest BCUT2D eigenvalue weighted by atomic mass is 19.1. The van der Waals surface area contributed by atoms with E-state index in [1.165, 1.54) is 24.3 Å². The van der Waals surface area contributed by atoms with Gasteiger partial charge in [-0.1, -0.05) is 12.1 Å². The van der Waals surface area contributed by atoms with Crippen molar-refractivity contribution in [1.29, 1.82) is 0 Å². The molecule has 0 aromatic heterocycles. The van der Waals surface area contributed by atoms with Crippen molar-refractivity contribution in [2.75, 3.05) is 0 Å². The lowest BCUT2D eigenvalue weighted by Gasteiger charge is -2.20. The number of halogens is 4. The molecular formula is C19H12F4O3. The van der Waals surface area contributed by atoms with E-state index in [2.05, 4.69) is 0 Å². The third-order valence-corrected chi connectivity index (χ3v) is 3.97. The number of hydrogen-bond donors (Lipinski definition) is 3. The first-order valence-corrected chi connectivity index (χ1v) is 7.42. The fourth-order valence-electron chi connectivity index (χ4n) is 2.75. The third-order valence-electron chi connectivity index (χ3n) is 3.97. The molecule has 0 unspecified atom stereocenters. The Morgan fingerprint density at radius 3 is 1.23 bits per heavy atom. The number of rotatable bonds is 3. The van der Waals surface area contributed by atoms with Crippen molar-refractivity contribution >= 4 is 0 Å². The standard InChI is InChI=1S/C19H12F4O3/c20-13-5-10(6-14(21)18(13)25)17(9-1-3-12(24)4-2-9)11-7-15(22)19(26)16(23)8-11/h1-8,17,24-26H. The maximum Gasteiger partial charge on any atom is 0.187 e. The molecule has 0 spiro atoms. The van der Waals surface area contributed by atoms with Gasteiger partial charge in [0.05, 0.1) is 0 Å². The van der Waals surface area contributed by atoms with Crippen LogP contribution in [0.4, 0.5) is 17.6 Å². The van der Waals surface area contributed by atoms with Crippen LogP contribution in [0.2, 0.25) is 0 Å². The van der Waals surface area contributed by atoms with Crippen LogP contribution in [0.3, 0.4) is 0 Å². The summed E-state index contributed by atoms with van der Waals surface area (Å²) in [5, 5.41) is 28.0. The van der Waals surface area contributed by atoms with Crippen LogP contribution in [0.1, 0.15) is 22.6 Å². The lowest BCUT2D eigenvalue weighted by molar-refractivity contribution is 0.394. The molecule has 0 amide bonds. The Kier molecular flexibility index (Phi) is 4.46. The number of phenols is 3. The van der Waals surface area contributed by atoms with Crippen molar-refractivity contribution in [3.8, 4) is 17.2 Å². The van der Waals surface area contributed by atoms with Gasteiger partial charge in [-0.05, 0) is 53.1 Å². The summed E-state index contributed by atoms with van der Waals surface area (Å²) in [5.74, 6) is -8.36. The summed E-state index contributed by atoms with van der Waals surface area (Å²) in [7, 11) is 0. The van der Waals surface area contributed by atoms with Gasteiger partial charge in [-0.15, -0.1) is 0 Å². The first-order chi connectivity index (χ1) is 12.3. The smallest absolute Gasteiger partial charge is 0.187 e. The van der Waals surface area contributed by atoms with E-state index in [1.807, 2.05) is 0 Å². The van der Waals surface area contributed by atoms with E-state index in [1.54, 1.807) is 0 Å². The van der Waals surface area contributed by atoms with Gasteiger partial charge >= 0.3 is 0 Å². The molecule has 7 heteroatoms. The van der Waals surface area contributed by atoms with Crippen LogP contribution in [0.5, 0.6) is 17.2 Å². The number of aromatic hydroxyl groups is 3. The predicted octanol–water partition coefficient (Wildman–Crippen LogP) is 4.54. The Morgan fingerprint density at radius 2 is 0.885 bits per heavy atom. The number of hydrogen-bond acceptors (Lipinski definition) is 3. The molecule has 0 fully saturated rings. The minimum Gasteiger partial charge on any atom is -0.508 e. The van der Waals surface area contributed by atoms with Gasteiger partial charge in [-0.25, -0.2) is 17.6 Å². The van der Waals surface area contributed by atoms with Gasteiger partial charge in [-0.2, -0.15) is 0 Å². The molecule has 0 aliphatic heterocycles. The van der Waals surface area contributed by atoms with Crippen molar-refractivity contribution in [2.24, 2.45) is 0 Å². The van der Waals surface area contributed by atoms with Crippen LogP contribution in [-0.4, -0.2) is 15.3 Å². The molecule has 3 aromatic rings. The first kappa shape index (κ1) is 17.6. The highest BCUT2D eigenvalue weighted by Crippen LogP contribution is 2.37. The average Bonchev–Trinajstić information content (AvgIpc) is 2.59. The van der Waals surface area contributed by atoms with Crippen LogP contribution in [0, 0.1) is 23.3 Å². The Hall–Kier alpha value is -3.22. The van der Waals surface area contributed by atoms with Crippen LogP contribution in [0.25, 0.3) is 0 Å². The summed E-state index contributed by atoms with van der Waals surface area (Å²) in [6, 6.07) is 8.84. The molecular weight excluding hydrogens is 352 g/mol. The van der Waals surface area contributed by atoms with Crippen LogP contribution in [0.15, 0.2) is 48.5 Å². The molecule has 0 aliphatic carbocycles. The average molecular weight is 364 g/mol. The summed E-state index contributed by atoms with van der Waals surface area (Å²) < 4.78 is 55.2. The Labute approximate surface area is 145 Å². The van der Waals surface area contributed by atoms with Gasteiger partial charge in [0, 0.05) is 5.92 Å². The number of benzene rings is 3. The van der Waals surface area contributed by atoms with E-state index in [0.717, 1.165) is 24.3 Å². The second kappa shape index (κ2) is 6.59. The van der Waals surface area contributed by atoms with E-state index in [9.17, 15) is 32.9 Å². The minimum atomic E-state index is -1.23. The topological polar surface area (TPSA) is 60.7 Å². The zero-order valence-electron chi connectivity index (χ0n) is 13.0. The molecule has 0 heterocycles. The molecule has 0 bridgehead atoms. The van der Waals surface area contributed by atoms with Gasteiger partial charge < -0.3 is 15.3 Å². The molecule has 134 valence electrons. The predicted molar refractivity (Wildman–Crippen MR) is 85.1 cm³/mol. The van der Waals surface area contributed by atoms with Gasteiger partial charge in [0.1, 0.15) is 5.75 Å². The van der Waals surface area contributed by atoms with Crippen molar-refractivity contribution in [3.63, 3.8) is 0 Å². The van der Waals surface area contributed by atoms with Crippen molar-refractivity contribution in [1.82, 2.24) is 0 Å². The van der Waals surface area contributed by atoms with E-state index in [4.69, 9.17) is 0 Å². The second-order valence-corrected chi connectivity index (χ2v) is 5.69. The quantitative estimate of drug-likeness (QED) is 0.472. The molecule has 0 atom stereocenters. The maximum absolute atomic E-state index is 13.8. The molecule has 0 radical (unpaired) electrons. The lowest BCUT2D eigenvalue weighted by Crippen LogP contribution is -2.06. The summed E-state index contributed by atoms with van der Waals surface area (Å²) in [5.41, 5.74) is 0.331. The molecule has 0 saturated carbocycles. The Bertz CT molecular complexity index is 868. The Morgan fingerprint density at radius 1 is 0.538 bits per heavy atom. The highest BCUT2D eigenvalue weighted by Gasteiger charge is 2.23. The lowest BCUT2D eigenvalue weighted by atomic mass is 9.84. The molecule has 3 rings (SSSR count). The van der Waals surface area contributed by atoms with Crippen molar-refractivity contribution in [3.05, 3.63) is 88.5 Å². The van der Waals surface area contributed by atoms with Crippen molar-refractivity contribution in [2.45, 2.75) is 5.92 Å². The zero-order chi connectivity index (χ0) is 19.0. The van der Waals surface area contributed by atoms with Crippen LogP contribution >= 0.6 is 0 Å². The van der Waals surface area contributed by atoms with Gasteiger partial charge in [0.25, 0.3) is 0 Å². The van der Waals surface area contributed by atoms with Gasteiger partial charge in [-0.3, -0.25) is 0 Å². The monoisotopic (exact) mass is 364 g/mol. The molecule has 0 saturated heterocycles. The fraction of sp³-hybridized carbons (Fsp3) is 0.0526. The van der Waals surface area contributed by atoms with Crippen molar-refractivity contribution < 1.29 is 32.9 Å². The minimum absolute atomic E-state index is 0.0204. The summed E-state index contributed by atoms with van der Waals surface area (Å²) in [6.45, 7) is 0. The number of phenolic OH excluding ortho intramolecular Hbond substituents is 3. The molecule has 3 nitrogen and oxygen atoms in total.